The summed E-state index contributed by atoms with van der Waals surface area (Å²) >= 11 is 0. The molecule has 1 atom stereocenters. The normalized spacial score (nSPS) is 19.4. The number of halogens is 3. The summed E-state index contributed by atoms with van der Waals surface area (Å²) in [4.78, 5) is 8.86. The summed E-state index contributed by atoms with van der Waals surface area (Å²) < 4.78 is 38.3. The minimum absolute atomic E-state index is 0.0951. The molecule has 1 saturated heterocycles. The molecule has 1 aromatic heterocycles. The maximum Gasteiger partial charge on any atom is 0.451 e. The van der Waals surface area contributed by atoms with E-state index in [9.17, 15) is 13.2 Å². The van der Waals surface area contributed by atoms with E-state index in [1.54, 1.807) is 4.90 Å². The van der Waals surface area contributed by atoms with E-state index in [0.29, 0.717) is 25.4 Å². The van der Waals surface area contributed by atoms with Crippen molar-refractivity contribution in [3.05, 3.63) is 11.9 Å². The van der Waals surface area contributed by atoms with Crippen LogP contribution >= 0.6 is 0 Å². The van der Waals surface area contributed by atoms with Crippen LogP contribution in [0.5, 0.6) is 0 Å². The molecule has 20 heavy (non-hydrogen) atoms. The van der Waals surface area contributed by atoms with Crippen LogP contribution in [0.2, 0.25) is 0 Å². The fraction of sp³-hybridized carbons (Fsp3) is 0.667. The molecular weight excluding hydrogens is 273 g/mol. The van der Waals surface area contributed by atoms with Crippen LogP contribution in [0.3, 0.4) is 0 Å². The summed E-state index contributed by atoms with van der Waals surface area (Å²) in [6.07, 6.45) is -3.06. The van der Waals surface area contributed by atoms with Crippen LogP contribution in [0.1, 0.15) is 18.7 Å². The number of hydrogen-bond acceptors (Lipinski definition) is 5. The lowest BCUT2D eigenvalue weighted by molar-refractivity contribution is -0.144. The second kappa shape index (κ2) is 5.82. The van der Waals surface area contributed by atoms with Crippen molar-refractivity contribution in [1.82, 2.24) is 9.97 Å². The standard InChI is InChI=1S/C12H17F3N4O/c1-16-9-6-10(18-11(17-9)12(13,14)15)19-4-2-8(7-19)3-5-20/h6,8,20H,2-5,7H2,1H3,(H,16,17,18). The summed E-state index contributed by atoms with van der Waals surface area (Å²) in [5.74, 6) is -0.419. The SMILES string of the molecule is CNc1cc(N2CCC(CCO)C2)nc(C(F)(F)F)n1. The predicted molar refractivity (Wildman–Crippen MR) is 68.6 cm³/mol. The zero-order valence-electron chi connectivity index (χ0n) is 11.1. The van der Waals surface area contributed by atoms with E-state index < -0.39 is 12.0 Å². The highest BCUT2D eigenvalue weighted by molar-refractivity contribution is 5.50. The minimum atomic E-state index is -4.56. The number of nitrogens with one attached hydrogen (secondary N) is 1. The van der Waals surface area contributed by atoms with Gasteiger partial charge >= 0.3 is 6.18 Å². The molecule has 0 radical (unpaired) electrons. The molecule has 8 heteroatoms. The molecule has 112 valence electrons. The van der Waals surface area contributed by atoms with Crippen LogP contribution in [0.4, 0.5) is 24.8 Å². The lowest BCUT2D eigenvalue weighted by Gasteiger charge is -2.19. The molecule has 5 nitrogen and oxygen atoms in total. The van der Waals surface area contributed by atoms with E-state index in [1.165, 1.54) is 13.1 Å². The molecule has 1 aliphatic heterocycles. The van der Waals surface area contributed by atoms with Gasteiger partial charge in [0.05, 0.1) is 0 Å². The first-order chi connectivity index (χ1) is 9.44. The number of anilines is 2. The highest BCUT2D eigenvalue weighted by atomic mass is 19.4. The van der Waals surface area contributed by atoms with Crippen LogP contribution in [-0.4, -0.2) is 41.8 Å². The maximum absolute atomic E-state index is 12.8. The van der Waals surface area contributed by atoms with Crippen molar-refractivity contribution in [2.45, 2.75) is 19.0 Å². The Kier molecular flexibility index (Phi) is 4.32. The molecule has 0 aromatic carbocycles. The Bertz CT molecular complexity index is 467. The average Bonchev–Trinajstić information content (AvgIpc) is 2.86. The monoisotopic (exact) mass is 290 g/mol. The van der Waals surface area contributed by atoms with Gasteiger partial charge in [0.1, 0.15) is 11.6 Å². The van der Waals surface area contributed by atoms with Gasteiger partial charge in [-0.25, -0.2) is 9.97 Å². The molecule has 0 bridgehead atoms. The Morgan fingerprint density at radius 3 is 2.80 bits per heavy atom. The molecular formula is C12H17F3N4O. The molecule has 1 aromatic rings. The van der Waals surface area contributed by atoms with Gasteiger partial charge in [-0.1, -0.05) is 0 Å². The maximum atomic E-state index is 12.8. The quantitative estimate of drug-likeness (QED) is 0.884. The average molecular weight is 290 g/mol. The first-order valence-corrected chi connectivity index (χ1v) is 6.44. The van der Waals surface area contributed by atoms with Gasteiger partial charge < -0.3 is 15.3 Å². The number of rotatable bonds is 4. The zero-order chi connectivity index (χ0) is 14.8. The molecule has 1 fully saturated rings. The van der Waals surface area contributed by atoms with Gasteiger partial charge in [-0.3, -0.25) is 0 Å². The van der Waals surface area contributed by atoms with Gasteiger partial charge in [0.15, 0.2) is 0 Å². The highest BCUT2D eigenvalue weighted by Gasteiger charge is 2.36. The van der Waals surface area contributed by atoms with Crippen LogP contribution in [0.25, 0.3) is 0 Å². The van der Waals surface area contributed by atoms with Gasteiger partial charge in [-0.15, -0.1) is 0 Å². The summed E-state index contributed by atoms with van der Waals surface area (Å²) in [7, 11) is 1.52. The number of hydrogen-bond donors (Lipinski definition) is 2. The molecule has 1 aliphatic rings. The smallest absolute Gasteiger partial charge is 0.396 e. The third-order valence-electron chi connectivity index (χ3n) is 3.37. The van der Waals surface area contributed by atoms with E-state index in [1.807, 2.05) is 0 Å². The summed E-state index contributed by atoms with van der Waals surface area (Å²) in [6.45, 7) is 1.35. The lowest BCUT2D eigenvalue weighted by atomic mass is 10.1. The second-order valence-electron chi connectivity index (χ2n) is 4.80. The number of nitrogens with zero attached hydrogens (tertiary/aromatic N) is 3. The topological polar surface area (TPSA) is 61.3 Å². The van der Waals surface area contributed by atoms with E-state index >= 15 is 0 Å². The largest absolute Gasteiger partial charge is 0.451 e. The fourth-order valence-electron chi connectivity index (χ4n) is 2.31. The second-order valence-corrected chi connectivity index (χ2v) is 4.80. The molecule has 2 N–H and O–H groups in total. The summed E-state index contributed by atoms with van der Waals surface area (Å²) in [5, 5.41) is 11.5. The summed E-state index contributed by atoms with van der Waals surface area (Å²) in [5.41, 5.74) is 0. The van der Waals surface area contributed by atoms with E-state index in [0.717, 1.165) is 6.42 Å². The lowest BCUT2D eigenvalue weighted by Crippen LogP contribution is -2.23. The van der Waals surface area contributed by atoms with Gasteiger partial charge in [-0.05, 0) is 18.8 Å². The number of aromatic nitrogens is 2. The van der Waals surface area contributed by atoms with Crippen LogP contribution in [0, 0.1) is 5.92 Å². The first-order valence-electron chi connectivity index (χ1n) is 6.44. The predicted octanol–water partition coefficient (Wildman–Crippen LogP) is 1.75. The molecule has 0 aliphatic carbocycles. The van der Waals surface area contributed by atoms with E-state index in [2.05, 4.69) is 15.3 Å². The summed E-state index contributed by atoms with van der Waals surface area (Å²) in [6, 6.07) is 1.51. The number of aliphatic hydroxyl groups excluding tert-OH is 1. The molecule has 2 rings (SSSR count). The molecule has 0 saturated carbocycles. The Labute approximate surface area is 114 Å². The van der Waals surface area contributed by atoms with Crippen molar-refractivity contribution in [2.75, 3.05) is 37.0 Å². The molecule has 0 amide bonds. The van der Waals surface area contributed by atoms with Gasteiger partial charge in [0, 0.05) is 32.8 Å². The van der Waals surface area contributed by atoms with Crippen molar-refractivity contribution in [2.24, 2.45) is 5.92 Å². The third-order valence-corrected chi connectivity index (χ3v) is 3.37. The van der Waals surface area contributed by atoms with Crippen molar-refractivity contribution in [3.63, 3.8) is 0 Å². The Morgan fingerprint density at radius 1 is 1.45 bits per heavy atom. The Hall–Kier alpha value is -1.57. The number of aliphatic hydroxyl groups is 1. The fourth-order valence-corrected chi connectivity index (χ4v) is 2.31. The van der Waals surface area contributed by atoms with Gasteiger partial charge in [0.25, 0.3) is 0 Å². The van der Waals surface area contributed by atoms with Crippen LogP contribution in [-0.2, 0) is 6.18 Å². The van der Waals surface area contributed by atoms with Gasteiger partial charge in [-0.2, -0.15) is 13.2 Å². The first kappa shape index (κ1) is 14.8. The van der Waals surface area contributed by atoms with Crippen molar-refractivity contribution < 1.29 is 18.3 Å². The van der Waals surface area contributed by atoms with Crippen molar-refractivity contribution in [3.8, 4) is 0 Å². The van der Waals surface area contributed by atoms with E-state index in [-0.39, 0.29) is 18.2 Å². The number of alkyl halides is 3. The van der Waals surface area contributed by atoms with Crippen LogP contribution in [0.15, 0.2) is 6.07 Å². The highest BCUT2D eigenvalue weighted by Crippen LogP contribution is 2.31. The Morgan fingerprint density at radius 2 is 2.20 bits per heavy atom. The van der Waals surface area contributed by atoms with Crippen molar-refractivity contribution >= 4 is 11.6 Å². The van der Waals surface area contributed by atoms with E-state index in [4.69, 9.17) is 5.11 Å². The van der Waals surface area contributed by atoms with Crippen LogP contribution < -0.4 is 10.2 Å². The van der Waals surface area contributed by atoms with Crippen molar-refractivity contribution in [1.29, 1.82) is 0 Å². The molecule has 2 heterocycles. The molecule has 0 spiro atoms. The Balaban J connectivity index is 2.23. The zero-order valence-corrected chi connectivity index (χ0v) is 11.1. The third kappa shape index (κ3) is 3.30. The minimum Gasteiger partial charge on any atom is -0.396 e. The van der Waals surface area contributed by atoms with Gasteiger partial charge in [0.2, 0.25) is 5.82 Å². The molecule has 1 unspecified atom stereocenters.